The van der Waals surface area contributed by atoms with Gasteiger partial charge in [0.05, 0.1) is 0 Å². The van der Waals surface area contributed by atoms with E-state index in [9.17, 15) is 4.79 Å². The molecule has 0 rings (SSSR count). The smallest absolute Gasteiger partial charge is 0.123 e. The molecule has 0 saturated heterocycles. The predicted octanol–water partition coefficient (Wildman–Crippen LogP) is 4.70. The largest absolute Gasteiger partial charge is 0.303 e. The van der Waals surface area contributed by atoms with Crippen molar-refractivity contribution in [1.29, 1.82) is 0 Å². The van der Waals surface area contributed by atoms with Crippen molar-refractivity contribution < 1.29 is 4.79 Å². The molecular weight excluding hydrogens is 196 g/mol. The van der Waals surface area contributed by atoms with Crippen LogP contribution in [0.15, 0.2) is 0 Å². The van der Waals surface area contributed by atoms with Gasteiger partial charge >= 0.3 is 0 Å². The highest BCUT2D eigenvalue weighted by molar-refractivity contribution is 5.53. The number of carbonyl (C=O) groups is 1. The number of carbonyl (C=O) groups excluding carboxylic acids is 1. The summed E-state index contributed by atoms with van der Waals surface area (Å²) in [7, 11) is 0. The topological polar surface area (TPSA) is 17.1 Å². The fourth-order valence-electron chi connectivity index (χ4n) is 2.05. The van der Waals surface area contributed by atoms with Gasteiger partial charge in [0.15, 0.2) is 0 Å². The lowest BCUT2D eigenvalue weighted by atomic mass is 9.88. The molecule has 2 atom stereocenters. The van der Waals surface area contributed by atoms with Crippen molar-refractivity contribution in [1.82, 2.24) is 0 Å². The molecule has 0 aromatic heterocycles. The molecular formula is C15H30O. The van der Waals surface area contributed by atoms with Crippen molar-refractivity contribution >= 4 is 6.29 Å². The number of hydrogen-bond donors (Lipinski definition) is 0. The Hall–Kier alpha value is -0.330. The second kappa shape index (κ2) is 8.78. The first-order valence-corrected chi connectivity index (χ1v) is 6.92. The normalized spacial score (nSPS) is 15.4. The van der Waals surface area contributed by atoms with Crippen LogP contribution in [0.3, 0.4) is 0 Å². The molecule has 1 heteroatoms. The third kappa shape index (κ3) is 7.90. The Kier molecular flexibility index (Phi) is 8.60. The van der Waals surface area contributed by atoms with Crippen molar-refractivity contribution in [3.63, 3.8) is 0 Å². The minimum atomic E-state index is 0.271. The van der Waals surface area contributed by atoms with Crippen LogP contribution in [0, 0.1) is 23.7 Å². The molecule has 0 bridgehead atoms. The Morgan fingerprint density at radius 2 is 1.50 bits per heavy atom. The molecule has 96 valence electrons. The Balaban J connectivity index is 3.63. The van der Waals surface area contributed by atoms with E-state index in [0.29, 0.717) is 5.92 Å². The number of rotatable bonds is 9. The highest BCUT2D eigenvalue weighted by Crippen LogP contribution is 2.21. The summed E-state index contributed by atoms with van der Waals surface area (Å²) in [5, 5.41) is 0. The van der Waals surface area contributed by atoms with E-state index >= 15 is 0 Å². The standard InChI is InChI=1S/C15H30O/c1-12(2)7-6-8-14(5)9-10-15(11-16)13(3)4/h11-15H,6-10H2,1-5H3. The Morgan fingerprint density at radius 1 is 0.875 bits per heavy atom. The molecule has 0 radical (unpaired) electrons. The van der Waals surface area contributed by atoms with Gasteiger partial charge in [-0.1, -0.05) is 60.3 Å². The van der Waals surface area contributed by atoms with E-state index in [-0.39, 0.29) is 5.92 Å². The minimum absolute atomic E-state index is 0.271. The zero-order valence-corrected chi connectivity index (χ0v) is 11.8. The molecule has 0 fully saturated rings. The molecule has 0 aromatic rings. The van der Waals surface area contributed by atoms with Gasteiger partial charge in [-0.05, 0) is 24.2 Å². The molecule has 0 aliphatic carbocycles. The van der Waals surface area contributed by atoms with Gasteiger partial charge in [0.1, 0.15) is 6.29 Å². The van der Waals surface area contributed by atoms with Crippen molar-refractivity contribution in [3.8, 4) is 0 Å². The molecule has 0 spiro atoms. The van der Waals surface area contributed by atoms with Gasteiger partial charge in [-0.25, -0.2) is 0 Å². The van der Waals surface area contributed by atoms with E-state index in [1.54, 1.807) is 0 Å². The first-order chi connectivity index (χ1) is 7.47. The summed E-state index contributed by atoms with van der Waals surface area (Å²) in [6, 6.07) is 0. The summed E-state index contributed by atoms with van der Waals surface area (Å²) in [6.45, 7) is 11.2. The second-order valence-electron chi connectivity index (χ2n) is 6.05. The number of aldehydes is 1. The van der Waals surface area contributed by atoms with E-state index in [4.69, 9.17) is 0 Å². The van der Waals surface area contributed by atoms with Crippen molar-refractivity contribution in [2.45, 2.75) is 66.7 Å². The van der Waals surface area contributed by atoms with E-state index in [1.165, 1.54) is 25.7 Å². The van der Waals surface area contributed by atoms with Gasteiger partial charge in [0, 0.05) is 5.92 Å². The van der Waals surface area contributed by atoms with Gasteiger partial charge < -0.3 is 4.79 Å². The molecule has 0 aliphatic rings. The lowest BCUT2D eigenvalue weighted by molar-refractivity contribution is -0.112. The zero-order valence-electron chi connectivity index (χ0n) is 11.8. The van der Waals surface area contributed by atoms with Crippen molar-refractivity contribution in [2.75, 3.05) is 0 Å². The van der Waals surface area contributed by atoms with Crippen molar-refractivity contribution in [3.05, 3.63) is 0 Å². The molecule has 0 amide bonds. The molecule has 2 unspecified atom stereocenters. The third-order valence-electron chi connectivity index (χ3n) is 3.50. The van der Waals surface area contributed by atoms with E-state index in [2.05, 4.69) is 34.6 Å². The van der Waals surface area contributed by atoms with Gasteiger partial charge in [0.2, 0.25) is 0 Å². The SMILES string of the molecule is CC(C)CCCC(C)CCC(C=O)C(C)C. The highest BCUT2D eigenvalue weighted by Gasteiger charge is 2.13. The lowest BCUT2D eigenvalue weighted by Crippen LogP contribution is -2.11. The van der Waals surface area contributed by atoms with Crippen LogP contribution in [0.4, 0.5) is 0 Å². The van der Waals surface area contributed by atoms with Gasteiger partial charge in [0.25, 0.3) is 0 Å². The highest BCUT2D eigenvalue weighted by atomic mass is 16.1. The average molecular weight is 226 g/mol. The Bertz CT molecular complexity index is 172. The zero-order chi connectivity index (χ0) is 12.6. The average Bonchev–Trinajstić information content (AvgIpc) is 2.17. The van der Waals surface area contributed by atoms with Crippen LogP contribution in [0.5, 0.6) is 0 Å². The van der Waals surface area contributed by atoms with Gasteiger partial charge in [-0.2, -0.15) is 0 Å². The summed E-state index contributed by atoms with van der Waals surface area (Å²) in [5.41, 5.74) is 0. The quantitative estimate of drug-likeness (QED) is 0.521. The summed E-state index contributed by atoms with van der Waals surface area (Å²) < 4.78 is 0. The van der Waals surface area contributed by atoms with E-state index in [1.807, 2.05) is 0 Å². The molecule has 0 N–H and O–H groups in total. The van der Waals surface area contributed by atoms with Crippen LogP contribution in [0.2, 0.25) is 0 Å². The first-order valence-electron chi connectivity index (χ1n) is 6.92. The Labute approximate surface area is 102 Å². The van der Waals surface area contributed by atoms with Crippen LogP contribution in [0.1, 0.15) is 66.7 Å². The monoisotopic (exact) mass is 226 g/mol. The molecule has 0 aliphatic heterocycles. The maximum absolute atomic E-state index is 10.9. The van der Waals surface area contributed by atoms with E-state index < -0.39 is 0 Å². The van der Waals surface area contributed by atoms with Crippen molar-refractivity contribution in [2.24, 2.45) is 23.7 Å². The maximum atomic E-state index is 10.9. The maximum Gasteiger partial charge on any atom is 0.123 e. The fraction of sp³-hybridized carbons (Fsp3) is 0.933. The van der Waals surface area contributed by atoms with Crippen LogP contribution in [0.25, 0.3) is 0 Å². The van der Waals surface area contributed by atoms with E-state index in [0.717, 1.165) is 24.5 Å². The van der Waals surface area contributed by atoms with Crippen LogP contribution in [-0.2, 0) is 4.79 Å². The minimum Gasteiger partial charge on any atom is -0.303 e. The van der Waals surface area contributed by atoms with Crippen LogP contribution in [-0.4, -0.2) is 6.29 Å². The molecule has 0 saturated carbocycles. The predicted molar refractivity (Wildman–Crippen MR) is 71.5 cm³/mol. The number of hydrogen-bond acceptors (Lipinski definition) is 1. The summed E-state index contributed by atoms with van der Waals surface area (Å²) in [6.07, 6.45) is 7.43. The fourth-order valence-corrected chi connectivity index (χ4v) is 2.05. The summed E-state index contributed by atoms with van der Waals surface area (Å²) >= 11 is 0. The molecule has 16 heavy (non-hydrogen) atoms. The molecule has 0 aromatic carbocycles. The van der Waals surface area contributed by atoms with Gasteiger partial charge in [-0.15, -0.1) is 0 Å². The second-order valence-corrected chi connectivity index (χ2v) is 6.05. The van der Waals surface area contributed by atoms with Crippen LogP contribution < -0.4 is 0 Å². The third-order valence-corrected chi connectivity index (χ3v) is 3.50. The lowest BCUT2D eigenvalue weighted by Gasteiger charge is -2.17. The summed E-state index contributed by atoms with van der Waals surface area (Å²) in [5.74, 6) is 2.37. The first kappa shape index (κ1) is 15.7. The van der Waals surface area contributed by atoms with Gasteiger partial charge in [-0.3, -0.25) is 0 Å². The summed E-state index contributed by atoms with van der Waals surface area (Å²) in [4.78, 5) is 10.9. The Morgan fingerprint density at radius 3 is 1.94 bits per heavy atom. The molecule has 0 heterocycles. The molecule has 1 nitrogen and oxygen atoms in total. The van der Waals surface area contributed by atoms with Crippen LogP contribution >= 0.6 is 0 Å².